The first kappa shape index (κ1) is 16.7. The van der Waals surface area contributed by atoms with Crippen molar-refractivity contribution in [2.45, 2.75) is 38.8 Å². The van der Waals surface area contributed by atoms with E-state index in [4.69, 9.17) is 5.73 Å². The van der Waals surface area contributed by atoms with E-state index in [1.54, 1.807) is 0 Å². The lowest BCUT2D eigenvalue weighted by atomic mass is 9.78. The number of sulfonamides is 1. The Morgan fingerprint density at radius 2 is 1.79 bits per heavy atom. The predicted molar refractivity (Wildman–Crippen MR) is 67.0 cm³/mol. The zero-order valence-electron chi connectivity index (χ0n) is 11.0. The van der Waals surface area contributed by atoms with Crippen LogP contribution in [-0.2, 0) is 10.0 Å². The largest absolute Gasteiger partial charge is 0.395 e. The van der Waals surface area contributed by atoms with Gasteiger partial charge in [0.1, 0.15) is 0 Å². The van der Waals surface area contributed by atoms with Crippen molar-refractivity contribution in [1.29, 1.82) is 0 Å². The monoisotopic (exact) mass is 302 g/mol. The van der Waals surface area contributed by atoms with Gasteiger partial charge in [0.25, 0.3) is 0 Å². The summed E-state index contributed by atoms with van der Waals surface area (Å²) in [6.07, 6.45) is -3.61. The Balaban J connectivity index is 2.72. The molecule has 0 aromatic heterocycles. The summed E-state index contributed by atoms with van der Waals surface area (Å²) < 4.78 is 63.9. The van der Waals surface area contributed by atoms with Gasteiger partial charge in [-0.1, -0.05) is 13.3 Å². The smallest absolute Gasteiger partial charge is 0.330 e. The second-order valence-electron chi connectivity index (χ2n) is 5.05. The molecule has 0 atom stereocenters. The average molecular weight is 302 g/mol. The van der Waals surface area contributed by atoms with Crippen LogP contribution in [0.3, 0.4) is 0 Å². The number of unbranched alkanes of at least 4 members (excludes halogenated alkanes) is 1. The van der Waals surface area contributed by atoms with Crippen molar-refractivity contribution in [3.05, 3.63) is 0 Å². The highest BCUT2D eigenvalue weighted by Gasteiger charge is 2.55. The van der Waals surface area contributed by atoms with Gasteiger partial charge in [-0.05, 0) is 19.3 Å². The van der Waals surface area contributed by atoms with E-state index < -0.39 is 28.2 Å². The molecule has 0 unspecified atom stereocenters. The van der Waals surface area contributed by atoms with Crippen molar-refractivity contribution < 1.29 is 21.6 Å². The van der Waals surface area contributed by atoms with Crippen molar-refractivity contribution in [2.75, 3.05) is 25.4 Å². The third-order valence-corrected chi connectivity index (χ3v) is 5.78. The van der Waals surface area contributed by atoms with Crippen LogP contribution in [0.4, 0.5) is 13.2 Å². The molecule has 114 valence electrons. The topological polar surface area (TPSA) is 63.4 Å². The molecular weight excluding hydrogens is 281 g/mol. The van der Waals surface area contributed by atoms with E-state index >= 15 is 0 Å². The van der Waals surface area contributed by atoms with Crippen LogP contribution >= 0.6 is 0 Å². The van der Waals surface area contributed by atoms with E-state index in [1.807, 2.05) is 6.92 Å². The Labute approximate surface area is 112 Å². The van der Waals surface area contributed by atoms with E-state index in [1.165, 1.54) is 4.31 Å². The van der Waals surface area contributed by atoms with E-state index in [0.717, 1.165) is 6.42 Å². The van der Waals surface area contributed by atoms with Gasteiger partial charge in [0.05, 0.1) is 11.2 Å². The minimum atomic E-state index is -4.37. The van der Waals surface area contributed by atoms with Crippen LogP contribution < -0.4 is 5.73 Å². The molecule has 0 aliphatic carbocycles. The minimum absolute atomic E-state index is 0.00510. The highest BCUT2D eigenvalue weighted by molar-refractivity contribution is 7.89. The van der Waals surface area contributed by atoms with Gasteiger partial charge >= 0.3 is 6.18 Å². The molecule has 1 heterocycles. The van der Waals surface area contributed by atoms with Gasteiger partial charge in [0.15, 0.2) is 0 Å². The van der Waals surface area contributed by atoms with Crippen LogP contribution in [0.5, 0.6) is 0 Å². The molecule has 1 aliphatic rings. The highest BCUT2D eigenvalue weighted by atomic mass is 32.2. The van der Waals surface area contributed by atoms with Crippen LogP contribution in [-0.4, -0.2) is 44.3 Å². The standard InChI is InChI=1S/C11H21F3N2O2S/c1-2-3-8-19(17,18)16-6-4-10(9-15,5-7-16)11(12,13)14/h2-9,15H2,1H3. The normalized spacial score (nSPS) is 21.5. The van der Waals surface area contributed by atoms with E-state index in [-0.39, 0.29) is 31.7 Å². The Morgan fingerprint density at radius 1 is 1.26 bits per heavy atom. The molecule has 0 amide bonds. The van der Waals surface area contributed by atoms with Gasteiger partial charge < -0.3 is 5.73 Å². The number of hydrogen-bond acceptors (Lipinski definition) is 3. The number of nitrogens with two attached hydrogens (primary N) is 1. The van der Waals surface area contributed by atoms with Gasteiger partial charge in [0.2, 0.25) is 10.0 Å². The number of hydrogen-bond donors (Lipinski definition) is 1. The quantitative estimate of drug-likeness (QED) is 0.841. The Morgan fingerprint density at radius 3 is 2.16 bits per heavy atom. The summed E-state index contributed by atoms with van der Waals surface area (Å²) in [5.41, 5.74) is 3.34. The van der Waals surface area contributed by atoms with Crippen molar-refractivity contribution in [3.63, 3.8) is 0 Å². The lowest BCUT2D eigenvalue weighted by Gasteiger charge is -2.41. The number of nitrogens with zero attached hydrogens (tertiary/aromatic N) is 1. The maximum Gasteiger partial charge on any atom is 0.395 e. The lowest BCUT2D eigenvalue weighted by Crippen LogP contribution is -2.53. The van der Waals surface area contributed by atoms with Crippen LogP contribution in [0, 0.1) is 5.41 Å². The zero-order chi connectivity index (χ0) is 14.7. The predicted octanol–water partition coefficient (Wildman–Crippen LogP) is 1.72. The van der Waals surface area contributed by atoms with E-state index in [2.05, 4.69) is 0 Å². The van der Waals surface area contributed by atoms with Gasteiger partial charge in [-0.25, -0.2) is 12.7 Å². The second kappa shape index (κ2) is 5.97. The second-order valence-corrected chi connectivity index (χ2v) is 7.14. The summed E-state index contributed by atoms with van der Waals surface area (Å²) in [7, 11) is -3.42. The van der Waals surface area contributed by atoms with Crippen LogP contribution in [0.15, 0.2) is 0 Å². The molecule has 4 nitrogen and oxygen atoms in total. The summed E-state index contributed by atoms with van der Waals surface area (Å²) in [5, 5.41) is 0. The van der Waals surface area contributed by atoms with E-state index in [0.29, 0.717) is 6.42 Å². The van der Waals surface area contributed by atoms with E-state index in [9.17, 15) is 21.6 Å². The van der Waals surface area contributed by atoms with Crippen molar-refractivity contribution in [1.82, 2.24) is 4.31 Å². The molecule has 0 saturated carbocycles. The molecule has 0 spiro atoms. The molecule has 0 aromatic carbocycles. The molecule has 0 aromatic rings. The van der Waals surface area contributed by atoms with Gasteiger partial charge in [-0.2, -0.15) is 13.2 Å². The maximum absolute atomic E-state index is 13.0. The van der Waals surface area contributed by atoms with Crippen molar-refractivity contribution >= 4 is 10.0 Å². The van der Waals surface area contributed by atoms with Crippen LogP contribution in [0.25, 0.3) is 0 Å². The number of halogens is 3. The van der Waals surface area contributed by atoms with Crippen LogP contribution in [0.1, 0.15) is 32.6 Å². The molecule has 2 N–H and O–H groups in total. The third-order valence-electron chi connectivity index (χ3n) is 3.82. The Kier molecular flexibility index (Phi) is 5.25. The van der Waals surface area contributed by atoms with Crippen molar-refractivity contribution in [2.24, 2.45) is 11.1 Å². The summed E-state index contributed by atoms with van der Waals surface area (Å²) >= 11 is 0. The summed E-state index contributed by atoms with van der Waals surface area (Å²) in [4.78, 5) is 0. The molecule has 1 saturated heterocycles. The fraction of sp³-hybridized carbons (Fsp3) is 1.00. The number of alkyl halides is 3. The van der Waals surface area contributed by atoms with Gasteiger partial charge in [-0.3, -0.25) is 0 Å². The molecule has 1 rings (SSSR count). The Hall–Kier alpha value is -0.340. The average Bonchev–Trinajstić information content (AvgIpc) is 2.35. The summed E-state index contributed by atoms with van der Waals surface area (Å²) in [5.74, 6) is 0.00510. The third kappa shape index (κ3) is 3.61. The van der Waals surface area contributed by atoms with Crippen molar-refractivity contribution in [3.8, 4) is 0 Å². The first-order valence-corrected chi connectivity index (χ1v) is 8.04. The lowest BCUT2D eigenvalue weighted by molar-refractivity contribution is -0.231. The summed E-state index contributed by atoms with van der Waals surface area (Å²) in [6, 6.07) is 0. The van der Waals surface area contributed by atoms with Gasteiger partial charge in [0, 0.05) is 19.6 Å². The fourth-order valence-electron chi connectivity index (χ4n) is 2.25. The van der Waals surface area contributed by atoms with Gasteiger partial charge in [-0.15, -0.1) is 0 Å². The molecule has 1 fully saturated rings. The molecule has 1 aliphatic heterocycles. The molecule has 8 heteroatoms. The number of rotatable bonds is 5. The molecular formula is C11H21F3N2O2S. The zero-order valence-corrected chi connectivity index (χ0v) is 11.9. The molecule has 19 heavy (non-hydrogen) atoms. The SMILES string of the molecule is CCCCS(=O)(=O)N1CCC(CN)(C(F)(F)F)CC1. The number of piperidine rings is 1. The minimum Gasteiger partial charge on any atom is -0.330 e. The summed E-state index contributed by atoms with van der Waals surface area (Å²) in [6.45, 7) is 1.19. The first-order chi connectivity index (χ1) is 8.68. The molecule has 0 bridgehead atoms. The Bertz CT molecular complexity index is 387. The first-order valence-electron chi connectivity index (χ1n) is 6.43. The fourth-order valence-corrected chi connectivity index (χ4v) is 3.90. The van der Waals surface area contributed by atoms with Crippen LogP contribution in [0.2, 0.25) is 0 Å². The molecule has 0 radical (unpaired) electrons. The highest BCUT2D eigenvalue weighted by Crippen LogP contribution is 2.45. The maximum atomic E-state index is 13.0.